The minimum atomic E-state index is 0.405. The highest BCUT2D eigenvalue weighted by molar-refractivity contribution is 4.89. The fourth-order valence-corrected chi connectivity index (χ4v) is 3.04. The highest BCUT2D eigenvalue weighted by Gasteiger charge is 2.32. The Morgan fingerprint density at radius 1 is 1.18 bits per heavy atom. The summed E-state index contributed by atoms with van der Waals surface area (Å²) in [5.41, 5.74) is 0.405. The zero-order valence-corrected chi connectivity index (χ0v) is 12.1. The summed E-state index contributed by atoms with van der Waals surface area (Å²) >= 11 is 0. The Labute approximate surface area is 107 Å². The van der Waals surface area contributed by atoms with Gasteiger partial charge in [-0.1, -0.05) is 34.1 Å². The van der Waals surface area contributed by atoms with E-state index in [4.69, 9.17) is 0 Å². The average Bonchev–Trinajstić information content (AvgIpc) is 2.10. The summed E-state index contributed by atoms with van der Waals surface area (Å²) in [7, 11) is 0. The van der Waals surface area contributed by atoms with Crippen LogP contribution in [0.5, 0.6) is 0 Å². The van der Waals surface area contributed by atoms with E-state index in [0.29, 0.717) is 5.41 Å². The van der Waals surface area contributed by atoms with Crippen molar-refractivity contribution in [2.24, 2.45) is 11.3 Å². The van der Waals surface area contributed by atoms with Crippen molar-refractivity contribution in [3.63, 3.8) is 0 Å². The molecule has 1 N–H and O–H groups in total. The summed E-state index contributed by atoms with van der Waals surface area (Å²) in [6.07, 6.45) is 5.70. The number of hydrogen-bond donors (Lipinski definition) is 1. The van der Waals surface area contributed by atoms with Gasteiger partial charge in [0.1, 0.15) is 0 Å². The number of nitrogens with zero attached hydrogens (tertiary/aromatic N) is 1. The van der Waals surface area contributed by atoms with E-state index in [1.165, 1.54) is 38.8 Å². The quantitative estimate of drug-likeness (QED) is 0.813. The molecular weight excluding hydrogens is 208 g/mol. The monoisotopic (exact) mass is 238 g/mol. The lowest BCUT2D eigenvalue weighted by molar-refractivity contribution is 0.0613. The molecule has 1 saturated carbocycles. The van der Waals surface area contributed by atoms with E-state index < -0.39 is 0 Å². The lowest BCUT2D eigenvalue weighted by Gasteiger charge is -2.45. The standard InChI is InChI=1S/C15H30N2/c1-12-8-13(16-11-15(2,3)4)10-17(9-12)14-6-5-7-14/h12-14,16H,5-11H2,1-4H3. The molecule has 1 aliphatic heterocycles. The molecule has 2 nitrogen and oxygen atoms in total. The first kappa shape index (κ1) is 13.4. The fourth-order valence-electron chi connectivity index (χ4n) is 3.04. The van der Waals surface area contributed by atoms with Crippen LogP contribution in [0.1, 0.15) is 53.4 Å². The summed E-state index contributed by atoms with van der Waals surface area (Å²) in [5, 5.41) is 3.78. The minimum Gasteiger partial charge on any atom is -0.312 e. The van der Waals surface area contributed by atoms with Crippen LogP contribution in [0.3, 0.4) is 0 Å². The molecule has 0 radical (unpaired) electrons. The summed E-state index contributed by atoms with van der Waals surface area (Å²) in [4.78, 5) is 2.75. The second-order valence-corrected chi connectivity index (χ2v) is 7.52. The maximum atomic E-state index is 3.78. The lowest BCUT2D eigenvalue weighted by atomic mass is 9.86. The molecule has 2 aliphatic rings. The smallest absolute Gasteiger partial charge is 0.0198 e. The third-order valence-electron chi connectivity index (χ3n) is 4.20. The zero-order valence-electron chi connectivity index (χ0n) is 12.1. The molecule has 2 atom stereocenters. The highest BCUT2D eigenvalue weighted by Crippen LogP contribution is 2.29. The minimum absolute atomic E-state index is 0.405. The SMILES string of the molecule is CC1CC(NCC(C)(C)C)CN(C2CCC2)C1. The van der Waals surface area contributed by atoms with Crippen LogP contribution in [-0.4, -0.2) is 36.6 Å². The first-order valence-corrected chi connectivity index (χ1v) is 7.41. The van der Waals surface area contributed by atoms with E-state index in [1.54, 1.807) is 0 Å². The maximum Gasteiger partial charge on any atom is 0.0198 e. The molecule has 0 aromatic heterocycles. The van der Waals surface area contributed by atoms with Crippen LogP contribution in [-0.2, 0) is 0 Å². The Balaban J connectivity index is 1.81. The second kappa shape index (κ2) is 5.27. The predicted molar refractivity (Wildman–Crippen MR) is 74.2 cm³/mol. The van der Waals surface area contributed by atoms with Crippen molar-refractivity contribution in [2.45, 2.75) is 65.5 Å². The molecule has 1 heterocycles. The van der Waals surface area contributed by atoms with Gasteiger partial charge in [0.05, 0.1) is 0 Å². The van der Waals surface area contributed by atoms with Crippen LogP contribution in [0.2, 0.25) is 0 Å². The molecule has 0 amide bonds. The van der Waals surface area contributed by atoms with E-state index in [0.717, 1.165) is 24.5 Å². The van der Waals surface area contributed by atoms with Crippen molar-refractivity contribution >= 4 is 0 Å². The summed E-state index contributed by atoms with van der Waals surface area (Å²) in [6, 6.07) is 1.63. The van der Waals surface area contributed by atoms with Crippen molar-refractivity contribution in [1.29, 1.82) is 0 Å². The van der Waals surface area contributed by atoms with Crippen molar-refractivity contribution in [2.75, 3.05) is 19.6 Å². The fraction of sp³-hybridized carbons (Fsp3) is 1.00. The Hall–Kier alpha value is -0.0800. The van der Waals surface area contributed by atoms with E-state index >= 15 is 0 Å². The van der Waals surface area contributed by atoms with Crippen LogP contribution in [0.25, 0.3) is 0 Å². The Kier molecular flexibility index (Phi) is 4.14. The maximum absolute atomic E-state index is 3.78. The molecule has 17 heavy (non-hydrogen) atoms. The van der Waals surface area contributed by atoms with Crippen LogP contribution >= 0.6 is 0 Å². The average molecular weight is 238 g/mol. The van der Waals surface area contributed by atoms with Crippen molar-refractivity contribution in [3.8, 4) is 0 Å². The third-order valence-corrected chi connectivity index (χ3v) is 4.20. The van der Waals surface area contributed by atoms with Crippen molar-refractivity contribution in [3.05, 3.63) is 0 Å². The molecule has 2 rings (SSSR count). The molecule has 2 heteroatoms. The van der Waals surface area contributed by atoms with Gasteiger partial charge < -0.3 is 5.32 Å². The van der Waals surface area contributed by atoms with Gasteiger partial charge in [-0.05, 0) is 30.6 Å². The normalized spacial score (nSPS) is 32.5. The highest BCUT2D eigenvalue weighted by atomic mass is 15.2. The van der Waals surface area contributed by atoms with Gasteiger partial charge in [0.15, 0.2) is 0 Å². The van der Waals surface area contributed by atoms with Gasteiger partial charge in [0.25, 0.3) is 0 Å². The molecular formula is C15H30N2. The van der Waals surface area contributed by atoms with Gasteiger partial charge in [0, 0.05) is 31.7 Å². The second-order valence-electron chi connectivity index (χ2n) is 7.52. The first-order chi connectivity index (χ1) is 7.94. The largest absolute Gasteiger partial charge is 0.312 e. The Morgan fingerprint density at radius 3 is 2.41 bits per heavy atom. The summed E-state index contributed by atoms with van der Waals surface area (Å²) in [6.45, 7) is 13.1. The molecule has 1 saturated heterocycles. The number of rotatable bonds is 3. The number of piperidine rings is 1. The predicted octanol–water partition coefficient (Wildman–Crippen LogP) is 2.89. The first-order valence-electron chi connectivity index (χ1n) is 7.41. The van der Waals surface area contributed by atoms with Gasteiger partial charge in [-0.2, -0.15) is 0 Å². The molecule has 0 aromatic carbocycles. The Morgan fingerprint density at radius 2 is 1.88 bits per heavy atom. The lowest BCUT2D eigenvalue weighted by Crippen LogP contribution is -2.54. The van der Waals surface area contributed by atoms with Crippen molar-refractivity contribution < 1.29 is 0 Å². The Bertz CT molecular complexity index is 240. The number of likely N-dealkylation sites (tertiary alicyclic amines) is 1. The molecule has 0 spiro atoms. The van der Waals surface area contributed by atoms with Crippen LogP contribution < -0.4 is 5.32 Å². The summed E-state index contributed by atoms with van der Waals surface area (Å²) < 4.78 is 0. The topological polar surface area (TPSA) is 15.3 Å². The molecule has 0 aromatic rings. The van der Waals surface area contributed by atoms with Crippen LogP contribution in [0.4, 0.5) is 0 Å². The third kappa shape index (κ3) is 3.96. The zero-order chi connectivity index (χ0) is 12.5. The van der Waals surface area contributed by atoms with Gasteiger partial charge in [-0.15, -0.1) is 0 Å². The molecule has 0 bridgehead atoms. The van der Waals surface area contributed by atoms with Crippen LogP contribution in [0.15, 0.2) is 0 Å². The molecule has 2 unspecified atom stereocenters. The van der Waals surface area contributed by atoms with Crippen molar-refractivity contribution in [1.82, 2.24) is 10.2 Å². The van der Waals surface area contributed by atoms with Crippen LogP contribution in [0, 0.1) is 11.3 Å². The van der Waals surface area contributed by atoms with E-state index in [2.05, 4.69) is 37.9 Å². The molecule has 1 aliphatic carbocycles. The number of hydrogen-bond acceptors (Lipinski definition) is 2. The number of nitrogens with one attached hydrogen (secondary N) is 1. The molecule has 100 valence electrons. The van der Waals surface area contributed by atoms with Gasteiger partial charge in [0.2, 0.25) is 0 Å². The van der Waals surface area contributed by atoms with E-state index in [1.807, 2.05) is 0 Å². The van der Waals surface area contributed by atoms with Gasteiger partial charge in [-0.25, -0.2) is 0 Å². The van der Waals surface area contributed by atoms with Gasteiger partial charge in [-0.3, -0.25) is 4.90 Å². The van der Waals surface area contributed by atoms with Gasteiger partial charge >= 0.3 is 0 Å². The summed E-state index contributed by atoms with van der Waals surface area (Å²) in [5.74, 6) is 0.863. The van der Waals surface area contributed by atoms with E-state index in [9.17, 15) is 0 Å². The molecule has 2 fully saturated rings. The van der Waals surface area contributed by atoms with E-state index in [-0.39, 0.29) is 0 Å².